The number of benzene rings is 1. The van der Waals surface area contributed by atoms with Crippen molar-refractivity contribution >= 4 is 22.7 Å². The van der Waals surface area contributed by atoms with Gasteiger partial charge < -0.3 is 19.5 Å². The lowest BCUT2D eigenvalue weighted by Crippen LogP contribution is -2.54. The van der Waals surface area contributed by atoms with E-state index in [9.17, 15) is 0 Å². The molecule has 1 aromatic heterocycles. The summed E-state index contributed by atoms with van der Waals surface area (Å²) in [5, 5.41) is 3.57. The summed E-state index contributed by atoms with van der Waals surface area (Å²) in [5.74, 6) is 0. The van der Waals surface area contributed by atoms with E-state index in [1.165, 1.54) is 16.5 Å². The molecule has 5 nitrogen and oxygen atoms in total. The molecule has 0 amide bonds. The number of nitrogens with zero attached hydrogens (tertiary/aromatic N) is 3. The first-order chi connectivity index (χ1) is 13.3. The minimum atomic E-state index is 0.333. The first-order valence-corrected chi connectivity index (χ1v) is 10.9. The summed E-state index contributed by atoms with van der Waals surface area (Å²) in [5.41, 5.74) is 2.97. The molecule has 0 saturated carbocycles. The van der Waals surface area contributed by atoms with Gasteiger partial charge in [-0.15, -0.1) is 0 Å². The van der Waals surface area contributed by atoms with E-state index in [1.807, 2.05) is 11.8 Å². The largest absolute Gasteiger partial charge is 0.380 e. The summed E-state index contributed by atoms with van der Waals surface area (Å²) in [6.45, 7) is 8.13. The second-order valence-corrected chi connectivity index (χ2v) is 8.38. The van der Waals surface area contributed by atoms with Gasteiger partial charge >= 0.3 is 0 Å². The van der Waals surface area contributed by atoms with Crippen molar-refractivity contribution in [1.82, 2.24) is 19.7 Å². The number of thioether (sulfide) groups is 1. The number of hydrogen-bond acceptors (Lipinski definition) is 5. The van der Waals surface area contributed by atoms with Gasteiger partial charge in [0.25, 0.3) is 0 Å². The van der Waals surface area contributed by atoms with Gasteiger partial charge in [-0.1, -0.05) is 30.0 Å². The molecule has 2 aromatic rings. The van der Waals surface area contributed by atoms with Crippen molar-refractivity contribution in [3.63, 3.8) is 0 Å². The lowest BCUT2D eigenvalue weighted by molar-refractivity contribution is 0.0327. The van der Waals surface area contributed by atoms with Crippen LogP contribution in [0.2, 0.25) is 0 Å². The zero-order valence-electron chi connectivity index (χ0n) is 16.3. The third-order valence-electron chi connectivity index (χ3n) is 5.61. The minimum Gasteiger partial charge on any atom is -0.380 e. The van der Waals surface area contributed by atoms with Gasteiger partial charge in [0.05, 0.1) is 12.6 Å². The standard InChI is InChI=1S/C21H30N4OS/c1-3-26-16-18(14-17-15-22-20-7-5-4-6-19(17)20)25-12-13-27-21(25)24-10-8-23(2)9-11-24/h4-7,12-13,15,18,21-22H,3,8-11,14,16H2,1-2H3. The molecule has 3 heterocycles. The van der Waals surface area contributed by atoms with E-state index >= 15 is 0 Å². The van der Waals surface area contributed by atoms with Crippen LogP contribution in [0.1, 0.15) is 12.5 Å². The van der Waals surface area contributed by atoms with E-state index in [1.54, 1.807) is 0 Å². The summed E-state index contributed by atoms with van der Waals surface area (Å²) < 4.78 is 5.90. The van der Waals surface area contributed by atoms with Crippen LogP contribution < -0.4 is 0 Å². The van der Waals surface area contributed by atoms with Crippen LogP contribution in [0, 0.1) is 0 Å². The van der Waals surface area contributed by atoms with Crippen molar-refractivity contribution in [3.05, 3.63) is 47.6 Å². The molecule has 2 aliphatic heterocycles. The molecule has 0 radical (unpaired) electrons. The molecule has 146 valence electrons. The zero-order chi connectivity index (χ0) is 18.6. The normalized spacial score (nSPS) is 22.7. The Morgan fingerprint density at radius 2 is 2.04 bits per heavy atom. The highest BCUT2D eigenvalue weighted by atomic mass is 32.2. The molecule has 4 rings (SSSR count). The van der Waals surface area contributed by atoms with E-state index in [2.05, 4.69) is 75.7 Å². The average Bonchev–Trinajstić information content (AvgIpc) is 3.33. The van der Waals surface area contributed by atoms with Crippen LogP contribution in [0.15, 0.2) is 42.1 Å². The van der Waals surface area contributed by atoms with Gasteiger partial charge in [-0.05, 0) is 37.4 Å². The first kappa shape index (κ1) is 18.9. The Morgan fingerprint density at radius 1 is 1.22 bits per heavy atom. The van der Waals surface area contributed by atoms with Crippen molar-refractivity contribution < 1.29 is 4.74 Å². The van der Waals surface area contributed by atoms with Crippen molar-refractivity contribution in [2.75, 3.05) is 46.4 Å². The maximum Gasteiger partial charge on any atom is 0.134 e. The van der Waals surface area contributed by atoms with Gasteiger partial charge in [0.1, 0.15) is 5.50 Å². The van der Waals surface area contributed by atoms with Crippen LogP contribution in [0.25, 0.3) is 10.9 Å². The van der Waals surface area contributed by atoms with Crippen molar-refractivity contribution in [2.45, 2.75) is 24.9 Å². The van der Waals surface area contributed by atoms with Gasteiger partial charge in [-0.3, -0.25) is 4.90 Å². The quantitative estimate of drug-likeness (QED) is 0.791. The van der Waals surface area contributed by atoms with Gasteiger partial charge in [-0.25, -0.2) is 0 Å². The molecular weight excluding hydrogens is 356 g/mol. The van der Waals surface area contributed by atoms with Crippen LogP contribution in [0.5, 0.6) is 0 Å². The van der Waals surface area contributed by atoms with Gasteiger partial charge in [-0.2, -0.15) is 0 Å². The van der Waals surface area contributed by atoms with Crippen molar-refractivity contribution in [1.29, 1.82) is 0 Å². The van der Waals surface area contributed by atoms with Crippen LogP contribution >= 0.6 is 11.8 Å². The minimum absolute atomic E-state index is 0.333. The number of aromatic nitrogens is 1. The Balaban J connectivity index is 1.52. The van der Waals surface area contributed by atoms with E-state index < -0.39 is 0 Å². The van der Waals surface area contributed by atoms with Crippen LogP contribution in [-0.2, 0) is 11.2 Å². The molecule has 2 atom stereocenters. The molecule has 2 aliphatic rings. The molecule has 2 unspecified atom stereocenters. The molecule has 1 fully saturated rings. The highest BCUT2D eigenvalue weighted by Gasteiger charge is 2.33. The second-order valence-electron chi connectivity index (χ2n) is 7.41. The average molecular weight is 387 g/mol. The van der Waals surface area contributed by atoms with Crippen LogP contribution in [0.4, 0.5) is 0 Å². The number of ether oxygens (including phenoxy) is 1. The number of aromatic amines is 1. The van der Waals surface area contributed by atoms with E-state index in [0.717, 1.165) is 45.8 Å². The Hall–Kier alpha value is -1.47. The fourth-order valence-corrected chi connectivity index (χ4v) is 5.11. The number of hydrogen-bond donors (Lipinski definition) is 1. The molecule has 0 aliphatic carbocycles. The molecular formula is C21H30N4OS. The Morgan fingerprint density at radius 3 is 2.85 bits per heavy atom. The zero-order valence-corrected chi connectivity index (χ0v) is 17.1. The topological polar surface area (TPSA) is 34.7 Å². The lowest BCUT2D eigenvalue weighted by Gasteiger charge is -2.42. The lowest BCUT2D eigenvalue weighted by atomic mass is 10.0. The van der Waals surface area contributed by atoms with Crippen LogP contribution in [-0.4, -0.2) is 77.7 Å². The predicted octanol–water partition coefficient (Wildman–Crippen LogP) is 3.17. The SMILES string of the molecule is CCOCC(Cc1c[nH]c2ccccc12)N1C=CSC1N1CCN(C)CC1. The summed E-state index contributed by atoms with van der Waals surface area (Å²) in [4.78, 5) is 11.0. The maximum atomic E-state index is 5.90. The molecule has 1 aromatic carbocycles. The van der Waals surface area contributed by atoms with E-state index in [0.29, 0.717) is 11.5 Å². The Bertz CT molecular complexity index is 768. The number of fused-ring (bicyclic) bond motifs is 1. The monoisotopic (exact) mass is 386 g/mol. The summed E-state index contributed by atoms with van der Waals surface area (Å²) in [7, 11) is 2.21. The molecule has 27 heavy (non-hydrogen) atoms. The van der Waals surface area contributed by atoms with Crippen molar-refractivity contribution in [3.8, 4) is 0 Å². The van der Waals surface area contributed by atoms with Gasteiger partial charge in [0, 0.05) is 56.1 Å². The molecule has 0 spiro atoms. The number of para-hydroxylation sites is 1. The molecule has 6 heteroatoms. The smallest absolute Gasteiger partial charge is 0.134 e. The fourth-order valence-electron chi connectivity index (χ4n) is 4.00. The number of likely N-dealkylation sites (N-methyl/N-ethyl adjacent to an activating group) is 1. The number of nitrogens with one attached hydrogen (secondary N) is 1. The predicted molar refractivity (Wildman–Crippen MR) is 114 cm³/mol. The molecule has 0 bridgehead atoms. The number of rotatable bonds is 7. The molecule has 1 N–H and O–H groups in total. The third-order valence-corrected chi connectivity index (χ3v) is 6.67. The van der Waals surface area contributed by atoms with Gasteiger partial charge in [0.2, 0.25) is 0 Å². The molecule has 1 saturated heterocycles. The van der Waals surface area contributed by atoms with Crippen molar-refractivity contribution in [2.24, 2.45) is 0 Å². The van der Waals surface area contributed by atoms with E-state index in [4.69, 9.17) is 4.74 Å². The third kappa shape index (κ3) is 4.19. The number of piperazine rings is 1. The highest BCUT2D eigenvalue weighted by molar-refractivity contribution is 8.02. The fraction of sp³-hybridized carbons (Fsp3) is 0.524. The summed E-state index contributed by atoms with van der Waals surface area (Å²) in [6.07, 6.45) is 5.42. The number of H-pyrrole nitrogens is 1. The summed E-state index contributed by atoms with van der Waals surface area (Å²) in [6, 6.07) is 8.90. The first-order valence-electron chi connectivity index (χ1n) is 9.91. The Kier molecular flexibility index (Phi) is 6.08. The second kappa shape index (κ2) is 8.69. The van der Waals surface area contributed by atoms with Crippen LogP contribution in [0.3, 0.4) is 0 Å². The highest BCUT2D eigenvalue weighted by Crippen LogP contribution is 2.32. The van der Waals surface area contributed by atoms with E-state index in [-0.39, 0.29) is 0 Å². The summed E-state index contributed by atoms with van der Waals surface area (Å²) >= 11 is 1.93. The van der Waals surface area contributed by atoms with Gasteiger partial charge in [0.15, 0.2) is 0 Å². The maximum absolute atomic E-state index is 5.90. The Labute approximate surface area is 166 Å².